The first-order chi connectivity index (χ1) is 9.36. The fraction of sp³-hybridized carbons (Fsp3) is 0.938. The molecule has 0 fully saturated rings. The maximum atomic E-state index is 12.1. The molecule has 20 heavy (non-hydrogen) atoms. The Bertz CT molecular complexity index is 284. The van der Waals surface area contributed by atoms with Gasteiger partial charge in [-0.15, -0.1) is 0 Å². The van der Waals surface area contributed by atoms with E-state index in [4.69, 9.17) is 4.74 Å². The molecule has 1 N–H and O–H groups in total. The van der Waals surface area contributed by atoms with Gasteiger partial charge in [-0.1, -0.05) is 20.8 Å². The van der Waals surface area contributed by atoms with Gasteiger partial charge >= 0.3 is 5.97 Å². The first kappa shape index (κ1) is 19.4. The van der Waals surface area contributed by atoms with Crippen molar-refractivity contribution in [2.75, 3.05) is 20.2 Å². The lowest BCUT2D eigenvalue weighted by Crippen LogP contribution is -2.55. The maximum Gasteiger partial charge on any atom is 0.325 e. The summed E-state index contributed by atoms with van der Waals surface area (Å²) in [4.78, 5) is 14.6. The molecule has 4 nitrogen and oxygen atoms in total. The Labute approximate surface area is 125 Å². The van der Waals surface area contributed by atoms with Gasteiger partial charge < -0.3 is 10.1 Å². The molecule has 0 aliphatic rings. The highest BCUT2D eigenvalue weighted by atomic mass is 16.5. The minimum absolute atomic E-state index is 0.169. The van der Waals surface area contributed by atoms with E-state index in [2.05, 4.69) is 44.8 Å². The van der Waals surface area contributed by atoms with Gasteiger partial charge in [0, 0.05) is 12.1 Å². The van der Waals surface area contributed by atoms with Crippen molar-refractivity contribution in [1.82, 2.24) is 10.2 Å². The summed E-state index contributed by atoms with van der Waals surface area (Å²) >= 11 is 0. The van der Waals surface area contributed by atoms with E-state index in [-0.39, 0.29) is 5.97 Å². The molecule has 0 spiro atoms. The minimum atomic E-state index is -0.606. The topological polar surface area (TPSA) is 41.6 Å². The highest BCUT2D eigenvalue weighted by molar-refractivity contribution is 5.80. The number of nitrogens with one attached hydrogen (secondary N) is 1. The summed E-state index contributed by atoms with van der Waals surface area (Å²) in [5, 5.41) is 3.36. The summed E-state index contributed by atoms with van der Waals surface area (Å²) in [6.45, 7) is 14.7. The molecule has 3 unspecified atom stereocenters. The highest BCUT2D eigenvalue weighted by Gasteiger charge is 2.36. The smallest absolute Gasteiger partial charge is 0.325 e. The number of ether oxygens (including phenoxy) is 1. The normalized spacial score (nSPS) is 17.6. The molecular weight excluding hydrogens is 252 g/mol. The average Bonchev–Trinajstić information content (AvgIpc) is 2.44. The number of hydrogen-bond acceptors (Lipinski definition) is 4. The third-order valence-corrected chi connectivity index (χ3v) is 4.19. The number of methoxy groups -OCH3 is 1. The Morgan fingerprint density at radius 3 is 2.25 bits per heavy atom. The number of esters is 1. The van der Waals surface area contributed by atoms with Gasteiger partial charge in [0.05, 0.1) is 7.11 Å². The molecule has 0 saturated heterocycles. The third-order valence-electron chi connectivity index (χ3n) is 4.19. The monoisotopic (exact) mass is 286 g/mol. The Balaban J connectivity index is 4.90. The van der Waals surface area contributed by atoms with Gasteiger partial charge in [0.1, 0.15) is 5.54 Å². The molecular formula is C16H34N2O2. The molecule has 0 rings (SSSR count). The lowest BCUT2D eigenvalue weighted by atomic mass is 9.91. The zero-order valence-corrected chi connectivity index (χ0v) is 14.5. The summed E-state index contributed by atoms with van der Waals surface area (Å²) in [5.74, 6) is -0.169. The molecule has 0 bridgehead atoms. The first-order valence-corrected chi connectivity index (χ1v) is 7.95. The van der Waals surface area contributed by atoms with Crippen molar-refractivity contribution in [3.8, 4) is 0 Å². The van der Waals surface area contributed by atoms with E-state index in [9.17, 15) is 4.79 Å². The molecule has 3 atom stereocenters. The van der Waals surface area contributed by atoms with Crippen LogP contribution in [0.25, 0.3) is 0 Å². The van der Waals surface area contributed by atoms with Gasteiger partial charge in [-0.05, 0) is 53.1 Å². The van der Waals surface area contributed by atoms with Crippen molar-refractivity contribution in [3.05, 3.63) is 0 Å². The van der Waals surface area contributed by atoms with E-state index in [0.29, 0.717) is 12.1 Å². The van der Waals surface area contributed by atoms with Gasteiger partial charge in [0.25, 0.3) is 0 Å². The van der Waals surface area contributed by atoms with Crippen LogP contribution in [0, 0.1) is 0 Å². The van der Waals surface area contributed by atoms with Crippen LogP contribution in [-0.2, 0) is 9.53 Å². The number of carbonyl (C=O) groups is 1. The molecule has 0 aliphatic carbocycles. The van der Waals surface area contributed by atoms with Crippen LogP contribution in [0.3, 0.4) is 0 Å². The summed E-state index contributed by atoms with van der Waals surface area (Å²) in [7, 11) is 1.46. The van der Waals surface area contributed by atoms with E-state index in [1.54, 1.807) is 0 Å². The van der Waals surface area contributed by atoms with Crippen molar-refractivity contribution in [2.45, 2.75) is 78.4 Å². The zero-order chi connectivity index (χ0) is 15.8. The standard InChI is InChI=1S/C16H34N2O2/c1-8-11-17-16(6,15(19)20-7)12-14(5)18(10-3)13(4)9-2/h13-14,17H,8-12H2,1-7H3. The Morgan fingerprint density at radius 1 is 1.25 bits per heavy atom. The molecule has 0 aliphatic heterocycles. The van der Waals surface area contributed by atoms with E-state index < -0.39 is 5.54 Å². The number of nitrogens with zero attached hydrogens (tertiary/aromatic N) is 1. The second-order valence-electron chi connectivity index (χ2n) is 5.89. The number of rotatable bonds is 10. The predicted molar refractivity (Wildman–Crippen MR) is 84.9 cm³/mol. The molecule has 120 valence electrons. The first-order valence-electron chi connectivity index (χ1n) is 7.95. The Hall–Kier alpha value is -0.610. The van der Waals surface area contributed by atoms with Crippen molar-refractivity contribution < 1.29 is 9.53 Å². The number of carbonyl (C=O) groups excluding carboxylic acids is 1. The van der Waals surface area contributed by atoms with Gasteiger partial charge in [-0.3, -0.25) is 9.69 Å². The number of hydrogen-bond donors (Lipinski definition) is 1. The van der Waals surface area contributed by atoms with Crippen LogP contribution in [0.4, 0.5) is 0 Å². The molecule has 0 radical (unpaired) electrons. The Kier molecular flexibility index (Phi) is 9.06. The second kappa shape index (κ2) is 9.35. The van der Waals surface area contributed by atoms with Crippen LogP contribution >= 0.6 is 0 Å². The highest BCUT2D eigenvalue weighted by Crippen LogP contribution is 2.20. The fourth-order valence-corrected chi connectivity index (χ4v) is 2.85. The van der Waals surface area contributed by atoms with Crippen molar-refractivity contribution in [3.63, 3.8) is 0 Å². The largest absolute Gasteiger partial charge is 0.468 e. The van der Waals surface area contributed by atoms with Gasteiger partial charge in [-0.2, -0.15) is 0 Å². The van der Waals surface area contributed by atoms with E-state index in [0.717, 1.165) is 32.4 Å². The van der Waals surface area contributed by atoms with Crippen LogP contribution < -0.4 is 5.32 Å². The predicted octanol–water partition coefficient (Wildman–Crippen LogP) is 2.82. The fourth-order valence-electron chi connectivity index (χ4n) is 2.85. The summed E-state index contributed by atoms with van der Waals surface area (Å²) in [5.41, 5.74) is -0.606. The average molecular weight is 286 g/mol. The SMILES string of the molecule is CCCNC(C)(CC(C)N(CC)C(C)CC)C(=O)OC. The molecule has 4 heteroatoms. The van der Waals surface area contributed by atoms with Crippen LogP contribution in [0.2, 0.25) is 0 Å². The second-order valence-corrected chi connectivity index (χ2v) is 5.89. The third kappa shape index (κ3) is 5.41. The zero-order valence-electron chi connectivity index (χ0n) is 14.5. The van der Waals surface area contributed by atoms with Gasteiger partial charge in [0.2, 0.25) is 0 Å². The lowest BCUT2D eigenvalue weighted by molar-refractivity contribution is -0.149. The molecule has 0 heterocycles. The summed E-state index contributed by atoms with van der Waals surface area (Å²) in [6.07, 6.45) is 2.89. The minimum Gasteiger partial charge on any atom is -0.468 e. The van der Waals surface area contributed by atoms with Crippen molar-refractivity contribution in [2.24, 2.45) is 0 Å². The summed E-state index contributed by atoms with van der Waals surface area (Å²) < 4.78 is 4.99. The van der Waals surface area contributed by atoms with Crippen molar-refractivity contribution in [1.29, 1.82) is 0 Å². The van der Waals surface area contributed by atoms with Crippen LogP contribution in [0.5, 0.6) is 0 Å². The molecule has 0 amide bonds. The van der Waals surface area contributed by atoms with E-state index in [1.165, 1.54) is 7.11 Å². The van der Waals surface area contributed by atoms with Gasteiger partial charge in [-0.25, -0.2) is 0 Å². The quantitative estimate of drug-likeness (QED) is 0.627. The van der Waals surface area contributed by atoms with Crippen molar-refractivity contribution >= 4 is 5.97 Å². The molecule has 0 aromatic heterocycles. The van der Waals surface area contributed by atoms with Gasteiger partial charge in [0.15, 0.2) is 0 Å². The molecule has 0 saturated carbocycles. The maximum absolute atomic E-state index is 12.1. The van der Waals surface area contributed by atoms with Crippen LogP contribution in [0.15, 0.2) is 0 Å². The molecule has 0 aromatic rings. The molecule has 0 aromatic carbocycles. The van der Waals surface area contributed by atoms with E-state index in [1.807, 2.05) is 6.92 Å². The summed E-state index contributed by atoms with van der Waals surface area (Å²) in [6, 6.07) is 0.867. The Morgan fingerprint density at radius 2 is 1.85 bits per heavy atom. The van der Waals surface area contributed by atoms with Crippen LogP contribution in [0.1, 0.15) is 60.8 Å². The lowest BCUT2D eigenvalue weighted by Gasteiger charge is -2.38. The van der Waals surface area contributed by atoms with Crippen LogP contribution in [-0.4, -0.2) is 48.7 Å². The van der Waals surface area contributed by atoms with E-state index >= 15 is 0 Å².